The molecule has 360 valence electrons. The molecule has 0 N–H and O–H groups in total. The summed E-state index contributed by atoms with van der Waals surface area (Å²) in [5, 5.41) is 7.71. The number of para-hydroxylation sites is 4. The van der Waals surface area contributed by atoms with E-state index in [-0.39, 0.29) is 0 Å². The van der Waals surface area contributed by atoms with Crippen LogP contribution in [0.25, 0.3) is 155 Å². The fraction of sp³-hybridized carbons (Fsp3) is 0.0143. The van der Waals surface area contributed by atoms with Gasteiger partial charge in [0.05, 0.1) is 11.0 Å². The second-order valence-electron chi connectivity index (χ2n) is 19.8. The molecule has 5 aromatic heterocycles. The first kappa shape index (κ1) is 43.4. The van der Waals surface area contributed by atoms with Crippen LogP contribution in [0, 0.1) is 0 Å². The van der Waals surface area contributed by atoms with Crippen LogP contribution in [-0.4, -0.2) is 19.5 Å². The van der Waals surface area contributed by atoms with Gasteiger partial charge in [0.2, 0.25) is 5.95 Å². The van der Waals surface area contributed by atoms with Gasteiger partial charge in [0.15, 0.2) is 11.6 Å². The van der Waals surface area contributed by atoms with Crippen LogP contribution in [0.5, 0.6) is 0 Å². The topological polar surface area (TPSA) is 69.9 Å². The summed E-state index contributed by atoms with van der Waals surface area (Å²) in [6, 6.07) is 77.3. The maximum Gasteiger partial charge on any atom is 0.238 e. The lowest BCUT2D eigenvalue weighted by atomic mass is 9.92. The van der Waals surface area contributed by atoms with Crippen LogP contribution in [0.3, 0.4) is 0 Å². The summed E-state index contributed by atoms with van der Waals surface area (Å²) in [5.74, 6) is 1.61. The van der Waals surface area contributed by atoms with Gasteiger partial charge in [0.25, 0.3) is 0 Å². The van der Waals surface area contributed by atoms with Gasteiger partial charge in [-0.2, -0.15) is 9.97 Å². The fourth-order valence-electron chi connectivity index (χ4n) is 11.7. The van der Waals surface area contributed by atoms with E-state index in [2.05, 4.69) is 199 Å². The number of thiophene rings is 1. The first-order valence-electron chi connectivity index (χ1n) is 26.0. The van der Waals surface area contributed by atoms with E-state index in [0.717, 1.165) is 122 Å². The van der Waals surface area contributed by atoms with E-state index in [0.29, 0.717) is 17.6 Å². The number of furan rings is 2. The number of hydrogen-bond donors (Lipinski definition) is 0. The predicted octanol–water partition coefficient (Wildman–Crippen LogP) is 19.1. The van der Waals surface area contributed by atoms with Gasteiger partial charge in [-0.25, -0.2) is 4.98 Å². The summed E-state index contributed by atoms with van der Waals surface area (Å²) in [5.41, 5.74) is 17.2. The maximum atomic E-state index is 6.65. The molecule has 0 aliphatic heterocycles. The van der Waals surface area contributed by atoms with Crippen molar-refractivity contribution in [2.24, 2.45) is 0 Å². The zero-order valence-corrected chi connectivity index (χ0v) is 42.1. The number of benzene rings is 10. The van der Waals surface area contributed by atoms with Crippen molar-refractivity contribution in [2.45, 2.75) is 6.42 Å². The van der Waals surface area contributed by atoms with E-state index in [1.165, 1.54) is 26.1 Å². The van der Waals surface area contributed by atoms with Crippen LogP contribution < -0.4 is 0 Å². The highest BCUT2D eigenvalue weighted by molar-refractivity contribution is 7.20. The Hall–Kier alpha value is -9.95. The Labute approximate surface area is 445 Å². The molecule has 7 heteroatoms. The van der Waals surface area contributed by atoms with Gasteiger partial charge in [-0.3, -0.25) is 4.57 Å². The normalized spacial score (nSPS) is 12.5. The Morgan fingerprint density at radius 2 is 1.01 bits per heavy atom. The second kappa shape index (κ2) is 17.3. The molecule has 0 spiro atoms. The molecule has 6 nitrogen and oxygen atoms in total. The molecular formula is C70H42N4O2S. The molecule has 15 aromatic rings. The molecule has 77 heavy (non-hydrogen) atoms. The second-order valence-corrected chi connectivity index (χ2v) is 20.9. The predicted molar refractivity (Wildman–Crippen MR) is 319 cm³/mol. The number of hydrogen-bond acceptors (Lipinski definition) is 6. The van der Waals surface area contributed by atoms with Crippen LogP contribution in [0.15, 0.2) is 245 Å². The lowest BCUT2D eigenvalue weighted by Gasteiger charge is -2.15. The number of fused-ring (bicyclic) bond motifs is 12. The zero-order valence-electron chi connectivity index (χ0n) is 41.3. The number of allylic oxidation sites excluding steroid dienone is 3. The molecule has 0 radical (unpaired) electrons. The standard InChI is InChI=1S/C70H42N4O2S/c1-4-17-42(18-5-1)46-37-47(39-48(38-46)51-26-16-29-58-55-23-8-3-9-32-64(55)77-67(51)58)49-24-14-27-56-59-40-44(50-25-15-28-57-53-22-11-13-31-62(53)76-66(50)57)34-36-60(59)74(65(49)56)70-72-68(43-19-6-2-7-20-43)71-69(73-70)45-33-35-54-52-21-10-12-30-61(52)75-63(54)41-45/h1-31,33-41H,32H2. The van der Waals surface area contributed by atoms with Gasteiger partial charge in [0.1, 0.15) is 22.3 Å². The molecular weight excluding hydrogens is 961 g/mol. The monoisotopic (exact) mass is 1000 g/mol. The van der Waals surface area contributed by atoms with Crippen molar-refractivity contribution in [1.29, 1.82) is 0 Å². The molecule has 0 bridgehead atoms. The highest BCUT2D eigenvalue weighted by Crippen LogP contribution is 2.46. The zero-order chi connectivity index (χ0) is 50.6. The molecule has 0 amide bonds. The lowest BCUT2D eigenvalue weighted by Crippen LogP contribution is -2.07. The largest absolute Gasteiger partial charge is 0.456 e. The average Bonchev–Trinajstić information content (AvgIpc) is 4.25. The molecule has 0 saturated carbocycles. The third-order valence-corrected chi connectivity index (χ3v) is 16.6. The summed E-state index contributed by atoms with van der Waals surface area (Å²) < 4.78 is 16.6. The third kappa shape index (κ3) is 7.05. The minimum Gasteiger partial charge on any atom is -0.456 e. The van der Waals surface area contributed by atoms with Crippen molar-refractivity contribution in [3.05, 3.63) is 247 Å². The van der Waals surface area contributed by atoms with E-state index in [1.54, 1.807) is 0 Å². The van der Waals surface area contributed by atoms with Crippen LogP contribution in [0.4, 0.5) is 0 Å². The van der Waals surface area contributed by atoms with Crippen molar-refractivity contribution < 1.29 is 8.83 Å². The Morgan fingerprint density at radius 3 is 1.83 bits per heavy atom. The third-order valence-electron chi connectivity index (χ3n) is 15.3. The van der Waals surface area contributed by atoms with E-state index >= 15 is 0 Å². The number of aromatic nitrogens is 4. The van der Waals surface area contributed by atoms with E-state index in [4.69, 9.17) is 23.8 Å². The summed E-state index contributed by atoms with van der Waals surface area (Å²) in [7, 11) is 0. The summed E-state index contributed by atoms with van der Waals surface area (Å²) in [4.78, 5) is 17.6. The van der Waals surface area contributed by atoms with Crippen molar-refractivity contribution in [2.75, 3.05) is 0 Å². The van der Waals surface area contributed by atoms with Crippen LogP contribution in [0.1, 0.15) is 10.4 Å². The Morgan fingerprint density at radius 1 is 0.390 bits per heavy atom. The molecule has 1 aliphatic rings. The smallest absolute Gasteiger partial charge is 0.238 e. The van der Waals surface area contributed by atoms with Gasteiger partial charge < -0.3 is 8.83 Å². The number of nitrogens with zero attached hydrogens (tertiary/aromatic N) is 4. The lowest BCUT2D eigenvalue weighted by molar-refractivity contribution is 0.669. The van der Waals surface area contributed by atoms with Gasteiger partial charge in [-0.05, 0) is 93.5 Å². The maximum absolute atomic E-state index is 6.65. The highest BCUT2D eigenvalue weighted by Gasteiger charge is 2.24. The molecule has 0 atom stereocenters. The first-order chi connectivity index (χ1) is 38.1. The summed E-state index contributed by atoms with van der Waals surface area (Å²) in [6.45, 7) is 0. The van der Waals surface area contributed by atoms with Crippen molar-refractivity contribution in [3.8, 4) is 73.2 Å². The van der Waals surface area contributed by atoms with Gasteiger partial charge in [-0.15, -0.1) is 11.3 Å². The Kier molecular flexibility index (Phi) is 9.77. The SMILES string of the molecule is C1=CCc2sc3c(-c4cc(-c5ccccc5)cc(-c5cccc6c7cc(-c8cccc9c8oc8ccccc89)ccc7n(-c7nc(-c8ccccc8)nc(-c8ccc9c(c8)oc8ccccc89)n7)c56)c4)cccc3c2C=C1. The molecule has 0 saturated heterocycles. The molecule has 0 fully saturated rings. The van der Waals surface area contributed by atoms with Crippen molar-refractivity contribution in [3.63, 3.8) is 0 Å². The number of rotatable bonds is 7. The molecule has 16 rings (SSSR count). The van der Waals surface area contributed by atoms with E-state index < -0.39 is 0 Å². The highest BCUT2D eigenvalue weighted by atomic mass is 32.1. The molecule has 1 aliphatic carbocycles. The van der Waals surface area contributed by atoms with Crippen LogP contribution in [-0.2, 0) is 6.42 Å². The first-order valence-corrected chi connectivity index (χ1v) is 26.8. The van der Waals surface area contributed by atoms with Crippen LogP contribution >= 0.6 is 11.3 Å². The summed E-state index contributed by atoms with van der Waals surface area (Å²) >= 11 is 1.90. The van der Waals surface area contributed by atoms with Crippen molar-refractivity contribution in [1.82, 2.24) is 19.5 Å². The quantitative estimate of drug-likeness (QED) is 0.159. The average molecular weight is 1000 g/mol. The Bertz CT molecular complexity index is 4960. The molecule has 10 aromatic carbocycles. The van der Waals surface area contributed by atoms with Gasteiger partial charge >= 0.3 is 0 Å². The van der Waals surface area contributed by atoms with Gasteiger partial charge in [-0.1, -0.05) is 188 Å². The molecule has 5 heterocycles. The Balaban J connectivity index is 0.979. The van der Waals surface area contributed by atoms with Crippen LogP contribution in [0.2, 0.25) is 0 Å². The minimum atomic E-state index is 0.504. The van der Waals surface area contributed by atoms with E-state index in [1.807, 2.05) is 59.9 Å². The fourth-order valence-corrected chi connectivity index (χ4v) is 13.0. The minimum absolute atomic E-state index is 0.504. The molecule has 0 unspecified atom stereocenters. The van der Waals surface area contributed by atoms with E-state index in [9.17, 15) is 0 Å². The van der Waals surface area contributed by atoms with Gasteiger partial charge in [0, 0.05) is 76.0 Å². The van der Waals surface area contributed by atoms with Crippen molar-refractivity contribution >= 4 is 93.2 Å². The summed E-state index contributed by atoms with van der Waals surface area (Å²) in [6.07, 6.45) is 9.75.